The predicted octanol–water partition coefficient (Wildman–Crippen LogP) is 3.18. The second kappa shape index (κ2) is 9.45. The number of nitrogens with one attached hydrogen (secondary N) is 2. The number of amides is 2. The molecule has 0 bridgehead atoms. The van der Waals surface area contributed by atoms with E-state index in [0.29, 0.717) is 17.8 Å². The molecule has 30 heavy (non-hydrogen) atoms. The normalized spacial score (nSPS) is 11.6. The van der Waals surface area contributed by atoms with Crippen LogP contribution in [0.3, 0.4) is 0 Å². The highest BCUT2D eigenvalue weighted by atomic mass is 35.5. The highest BCUT2D eigenvalue weighted by Crippen LogP contribution is 2.21. The van der Waals surface area contributed by atoms with E-state index >= 15 is 0 Å². The van der Waals surface area contributed by atoms with Gasteiger partial charge in [0.25, 0.3) is 5.91 Å². The Morgan fingerprint density at radius 3 is 2.37 bits per heavy atom. The Balaban J connectivity index is 1.78. The largest absolute Gasteiger partial charge is 0.497 e. The van der Waals surface area contributed by atoms with Gasteiger partial charge in [-0.2, -0.15) is 5.10 Å². The number of carbonyl (C=O) groups is 2. The molecule has 2 amide bonds. The van der Waals surface area contributed by atoms with Crippen LogP contribution in [-0.2, 0) is 18.4 Å². The summed E-state index contributed by atoms with van der Waals surface area (Å²) in [6.45, 7) is 2.01. The summed E-state index contributed by atoms with van der Waals surface area (Å²) in [5, 5.41) is 10.0. The molecule has 0 aliphatic heterocycles. The van der Waals surface area contributed by atoms with Crippen molar-refractivity contribution in [3.05, 3.63) is 82.1 Å². The van der Waals surface area contributed by atoms with Gasteiger partial charge in [0.1, 0.15) is 16.9 Å². The zero-order valence-electron chi connectivity index (χ0n) is 17.0. The molecular formula is C22H23ClN4O3. The van der Waals surface area contributed by atoms with E-state index in [1.807, 2.05) is 42.5 Å². The first-order valence-electron chi connectivity index (χ1n) is 9.36. The first kappa shape index (κ1) is 21.4. The van der Waals surface area contributed by atoms with Gasteiger partial charge in [-0.25, -0.2) is 0 Å². The molecule has 1 heterocycles. The number of ether oxygens (including phenoxy) is 1. The molecule has 8 heteroatoms. The predicted molar refractivity (Wildman–Crippen MR) is 114 cm³/mol. The average molecular weight is 427 g/mol. The second-order valence-corrected chi connectivity index (χ2v) is 7.12. The molecule has 0 saturated heterocycles. The molecule has 2 aromatic carbocycles. The van der Waals surface area contributed by atoms with Crippen LogP contribution in [0, 0.1) is 6.92 Å². The first-order chi connectivity index (χ1) is 14.4. The summed E-state index contributed by atoms with van der Waals surface area (Å²) in [6.07, 6.45) is 0. The van der Waals surface area contributed by atoms with Crippen molar-refractivity contribution in [2.24, 2.45) is 7.05 Å². The second-order valence-electron chi connectivity index (χ2n) is 6.76. The molecule has 0 aliphatic carbocycles. The van der Waals surface area contributed by atoms with Crippen LogP contribution in [0.5, 0.6) is 5.75 Å². The maximum atomic E-state index is 13.0. The number of nitrogens with zero attached hydrogens (tertiary/aromatic N) is 2. The van der Waals surface area contributed by atoms with E-state index in [2.05, 4.69) is 15.7 Å². The van der Waals surface area contributed by atoms with Crippen molar-refractivity contribution in [1.82, 2.24) is 20.4 Å². The molecule has 0 spiro atoms. The maximum Gasteiger partial charge on any atom is 0.257 e. The molecule has 7 nitrogen and oxygen atoms in total. The molecular weight excluding hydrogens is 404 g/mol. The van der Waals surface area contributed by atoms with Crippen molar-refractivity contribution < 1.29 is 14.3 Å². The van der Waals surface area contributed by atoms with Gasteiger partial charge >= 0.3 is 0 Å². The van der Waals surface area contributed by atoms with E-state index in [0.717, 1.165) is 11.3 Å². The van der Waals surface area contributed by atoms with Crippen molar-refractivity contribution in [3.63, 3.8) is 0 Å². The molecule has 1 atom stereocenters. The number of hydrogen-bond donors (Lipinski definition) is 2. The Bertz CT molecular complexity index is 1030. The van der Waals surface area contributed by atoms with Gasteiger partial charge in [0.2, 0.25) is 5.91 Å². The van der Waals surface area contributed by atoms with Crippen LogP contribution in [-0.4, -0.2) is 28.7 Å². The molecule has 0 radical (unpaired) electrons. The van der Waals surface area contributed by atoms with Gasteiger partial charge in [0.05, 0.1) is 18.4 Å². The SMILES string of the molecule is COc1ccc(CNC(=O)[C@@H](NC(=O)c2c(C)nn(C)c2Cl)c2ccccc2)cc1. The van der Waals surface area contributed by atoms with Gasteiger partial charge in [-0.1, -0.05) is 54.1 Å². The number of aromatic nitrogens is 2. The van der Waals surface area contributed by atoms with E-state index in [-0.39, 0.29) is 16.6 Å². The summed E-state index contributed by atoms with van der Waals surface area (Å²) in [5.74, 6) is -0.0506. The summed E-state index contributed by atoms with van der Waals surface area (Å²) in [7, 11) is 3.25. The molecule has 0 fully saturated rings. The zero-order chi connectivity index (χ0) is 21.7. The number of aryl methyl sites for hydroxylation is 2. The third-order valence-electron chi connectivity index (χ3n) is 4.68. The lowest BCUT2D eigenvalue weighted by Gasteiger charge is -2.19. The van der Waals surface area contributed by atoms with Crippen molar-refractivity contribution in [2.75, 3.05) is 7.11 Å². The Hall–Kier alpha value is -3.32. The Labute approximate surface area is 180 Å². The molecule has 156 valence electrons. The van der Waals surface area contributed by atoms with Crippen LogP contribution in [0.4, 0.5) is 0 Å². The number of carbonyl (C=O) groups excluding carboxylic acids is 2. The van der Waals surface area contributed by atoms with Crippen molar-refractivity contribution in [2.45, 2.75) is 19.5 Å². The van der Waals surface area contributed by atoms with E-state index in [1.165, 1.54) is 4.68 Å². The van der Waals surface area contributed by atoms with Crippen LogP contribution >= 0.6 is 11.6 Å². The Kier molecular flexibility index (Phi) is 6.74. The quantitative estimate of drug-likeness (QED) is 0.607. The summed E-state index contributed by atoms with van der Waals surface area (Å²) in [5.41, 5.74) is 2.32. The molecule has 2 N–H and O–H groups in total. The maximum absolute atomic E-state index is 13.0. The molecule has 0 aliphatic rings. The summed E-state index contributed by atoms with van der Waals surface area (Å²) in [6, 6.07) is 15.6. The lowest BCUT2D eigenvalue weighted by molar-refractivity contribution is -0.123. The van der Waals surface area contributed by atoms with Gasteiger partial charge in [-0.3, -0.25) is 14.3 Å². The number of rotatable bonds is 7. The van der Waals surface area contributed by atoms with Crippen LogP contribution in [0.25, 0.3) is 0 Å². The smallest absolute Gasteiger partial charge is 0.257 e. The van der Waals surface area contributed by atoms with E-state index in [1.54, 1.807) is 33.2 Å². The van der Waals surface area contributed by atoms with Crippen LogP contribution in [0.15, 0.2) is 54.6 Å². The standard InChI is InChI=1S/C22H23ClN4O3/c1-14-18(20(23)27(2)26-14)21(28)25-19(16-7-5-4-6-8-16)22(29)24-13-15-9-11-17(30-3)12-10-15/h4-12,19H,13H2,1-3H3,(H,24,29)(H,25,28)/t19-/m0/s1. The molecule has 3 rings (SSSR count). The zero-order valence-corrected chi connectivity index (χ0v) is 17.7. The van der Waals surface area contributed by atoms with E-state index < -0.39 is 11.9 Å². The van der Waals surface area contributed by atoms with Crippen LogP contribution in [0.2, 0.25) is 5.15 Å². The number of benzene rings is 2. The Morgan fingerprint density at radius 1 is 1.13 bits per heavy atom. The highest BCUT2D eigenvalue weighted by molar-refractivity contribution is 6.33. The summed E-state index contributed by atoms with van der Waals surface area (Å²) < 4.78 is 6.57. The minimum Gasteiger partial charge on any atom is -0.497 e. The number of methoxy groups -OCH3 is 1. The number of halogens is 1. The van der Waals surface area contributed by atoms with Crippen LogP contribution in [0.1, 0.15) is 33.2 Å². The Morgan fingerprint density at radius 2 is 1.80 bits per heavy atom. The fourth-order valence-electron chi connectivity index (χ4n) is 3.07. The molecule has 1 aromatic heterocycles. The topological polar surface area (TPSA) is 85.2 Å². The number of hydrogen-bond acceptors (Lipinski definition) is 4. The third kappa shape index (κ3) is 4.80. The van der Waals surface area contributed by atoms with Crippen molar-refractivity contribution >= 4 is 23.4 Å². The van der Waals surface area contributed by atoms with Gasteiger partial charge in [0, 0.05) is 13.6 Å². The molecule has 3 aromatic rings. The summed E-state index contributed by atoms with van der Waals surface area (Å²) in [4.78, 5) is 25.9. The monoisotopic (exact) mass is 426 g/mol. The first-order valence-corrected chi connectivity index (χ1v) is 9.74. The third-order valence-corrected chi connectivity index (χ3v) is 5.11. The van der Waals surface area contributed by atoms with Crippen molar-refractivity contribution in [3.8, 4) is 5.75 Å². The minimum atomic E-state index is -0.882. The van der Waals surface area contributed by atoms with Crippen LogP contribution < -0.4 is 15.4 Å². The van der Waals surface area contributed by atoms with Gasteiger partial charge < -0.3 is 15.4 Å². The fourth-order valence-corrected chi connectivity index (χ4v) is 3.33. The fraction of sp³-hybridized carbons (Fsp3) is 0.227. The highest BCUT2D eigenvalue weighted by Gasteiger charge is 2.26. The molecule has 0 unspecified atom stereocenters. The lowest BCUT2D eigenvalue weighted by atomic mass is 10.1. The molecule has 0 saturated carbocycles. The lowest BCUT2D eigenvalue weighted by Crippen LogP contribution is -2.40. The van der Waals surface area contributed by atoms with Gasteiger partial charge in [-0.05, 0) is 30.2 Å². The van der Waals surface area contributed by atoms with E-state index in [9.17, 15) is 9.59 Å². The van der Waals surface area contributed by atoms with Crippen molar-refractivity contribution in [1.29, 1.82) is 0 Å². The minimum absolute atomic E-state index is 0.218. The van der Waals surface area contributed by atoms with Gasteiger partial charge in [-0.15, -0.1) is 0 Å². The summed E-state index contributed by atoms with van der Waals surface area (Å²) >= 11 is 6.21. The van der Waals surface area contributed by atoms with E-state index in [4.69, 9.17) is 16.3 Å². The van der Waals surface area contributed by atoms with Gasteiger partial charge in [0.15, 0.2) is 0 Å². The average Bonchev–Trinajstić information content (AvgIpc) is 3.02.